The second kappa shape index (κ2) is 9.32. The van der Waals surface area contributed by atoms with Gasteiger partial charge in [0.15, 0.2) is 5.13 Å². The van der Waals surface area contributed by atoms with E-state index in [9.17, 15) is 9.59 Å². The topological polar surface area (TPSA) is 71.1 Å². The predicted molar refractivity (Wildman–Crippen MR) is 101 cm³/mol. The number of hydrogen-bond donors (Lipinski definition) is 2. The number of carbonyl (C=O) groups is 2. The summed E-state index contributed by atoms with van der Waals surface area (Å²) < 4.78 is 0. The van der Waals surface area contributed by atoms with E-state index in [1.807, 2.05) is 0 Å². The first-order chi connectivity index (χ1) is 12.2. The average molecular weight is 364 g/mol. The Morgan fingerprint density at radius 2 is 1.68 bits per heavy atom. The van der Waals surface area contributed by atoms with Crippen LogP contribution in [0.15, 0.2) is 0 Å². The number of thiazole rings is 1. The molecule has 0 saturated heterocycles. The van der Waals surface area contributed by atoms with Crippen LogP contribution in [0, 0.1) is 5.92 Å². The highest BCUT2D eigenvalue weighted by Crippen LogP contribution is 2.28. The quantitative estimate of drug-likeness (QED) is 0.835. The molecular weight excluding hydrogens is 334 g/mol. The standard InChI is InChI=1S/C19H29N3O2S/c23-17(12-14-8-4-3-5-9-14)20-13-18(24)22-19-21-15-10-6-1-2-7-11-16(15)25-19/h14H,1-13H2,(H,20,23)(H,21,22,24). The van der Waals surface area contributed by atoms with Crippen molar-refractivity contribution in [3.63, 3.8) is 0 Å². The number of carbonyl (C=O) groups excluding carboxylic acids is 2. The number of fused-ring (bicyclic) bond motifs is 1. The summed E-state index contributed by atoms with van der Waals surface area (Å²) in [6, 6.07) is 0. The number of amides is 2. The van der Waals surface area contributed by atoms with E-state index in [0.717, 1.165) is 31.4 Å². The van der Waals surface area contributed by atoms with Gasteiger partial charge in [-0.1, -0.05) is 32.1 Å². The lowest BCUT2D eigenvalue weighted by molar-refractivity contribution is -0.125. The molecule has 0 unspecified atom stereocenters. The molecule has 2 N–H and O–H groups in total. The maximum Gasteiger partial charge on any atom is 0.245 e. The second-order valence-corrected chi connectivity index (χ2v) is 8.42. The van der Waals surface area contributed by atoms with Crippen LogP contribution in [0.4, 0.5) is 5.13 Å². The van der Waals surface area contributed by atoms with Crippen molar-refractivity contribution in [2.45, 2.75) is 77.0 Å². The first-order valence-electron chi connectivity index (χ1n) is 9.76. The van der Waals surface area contributed by atoms with Crippen molar-refractivity contribution in [3.05, 3.63) is 10.6 Å². The van der Waals surface area contributed by atoms with Gasteiger partial charge in [-0.15, -0.1) is 11.3 Å². The number of nitrogens with zero attached hydrogens (tertiary/aromatic N) is 1. The molecule has 5 nitrogen and oxygen atoms in total. The van der Waals surface area contributed by atoms with E-state index in [0.29, 0.717) is 17.5 Å². The van der Waals surface area contributed by atoms with Gasteiger partial charge in [0.05, 0.1) is 12.2 Å². The van der Waals surface area contributed by atoms with Gasteiger partial charge >= 0.3 is 0 Å². The Labute approximate surface area is 154 Å². The van der Waals surface area contributed by atoms with Gasteiger partial charge in [0.25, 0.3) is 0 Å². The third-order valence-electron chi connectivity index (χ3n) is 5.24. The predicted octanol–water partition coefficient (Wildman–Crippen LogP) is 3.83. The summed E-state index contributed by atoms with van der Waals surface area (Å²) in [6.07, 6.45) is 13.6. The summed E-state index contributed by atoms with van der Waals surface area (Å²) in [5.41, 5.74) is 1.15. The van der Waals surface area contributed by atoms with E-state index in [4.69, 9.17) is 0 Å². The molecule has 1 saturated carbocycles. The molecule has 2 aliphatic rings. The molecule has 1 aromatic rings. The van der Waals surface area contributed by atoms with Gasteiger partial charge in [0, 0.05) is 11.3 Å². The van der Waals surface area contributed by atoms with Crippen molar-refractivity contribution < 1.29 is 9.59 Å². The first kappa shape index (κ1) is 18.4. The fourth-order valence-electron chi connectivity index (χ4n) is 3.83. The fourth-order valence-corrected chi connectivity index (χ4v) is 4.89. The SMILES string of the molecule is O=C(CC1CCCCC1)NCC(=O)Nc1nc2c(s1)CCCCCC2. The lowest BCUT2D eigenvalue weighted by atomic mass is 9.87. The Hall–Kier alpha value is -1.43. The number of aromatic nitrogens is 1. The van der Waals surface area contributed by atoms with Crippen LogP contribution in [0.25, 0.3) is 0 Å². The maximum absolute atomic E-state index is 12.1. The Balaban J connectivity index is 1.42. The molecule has 0 aliphatic heterocycles. The van der Waals surface area contributed by atoms with Crippen molar-refractivity contribution in [2.24, 2.45) is 5.92 Å². The Morgan fingerprint density at radius 3 is 2.48 bits per heavy atom. The molecule has 0 aromatic carbocycles. The van der Waals surface area contributed by atoms with Crippen molar-refractivity contribution in [1.82, 2.24) is 10.3 Å². The van der Waals surface area contributed by atoms with Gasteiger partial charge < -0.3 is 10.6 Å². The molecule has 0 spiro atoms. The minimum atomic E-state index is -0.182. The van der Waals surface area contributed by atoms with Crippen LogP contribution in [0.3, 0.4) is 0 Å². The van der Waals surface area contributed by atoms with Gasteiger partial charge in [-0.3, -0.25) is 9.59 Å². The molecule has 2 aliphatic carbocycles. The molecule has 1 heterocycles. The molecule has 0 radical (unpaired) electrons. The monoisotopic (exact) mass is 363 g/mol. The third kappa shape index (κ3) is 5.80. The molecular formula is C19H29N3O2S. The summed E-state index contributed by atoms with van der Waals surface area (Å²) in [6.45, 7) is 0.0375. The largest absolute Gasteiger partial charge is 0.347 e. The smallest absolute Gasteiger partial charge is 0.245 e. The first-order valence-corrected chi connectivity index (χ1v) is 10.6. The minimum absolute atomic E-state index is 0.00606. The summed E-state index contributed by atoms with van der Waals surface area (Å²) in [7, 11) is 0. The molecule has 6 heteroatoms. The molecule has 0 bridgehead atoms. The maximum atomic E-state index is 12.1. The summed E-state index contributed by atoms with van der Waals surface area (Å²) in [5.74, 6) is 0.308. The van der Waals surface area contributed by atoms with Crippen LogP contribution in [0.5, 0.6) is 0 Å². The Morgan fingerprint density at radius 1 is 0.960 bits per heavy atom. The van der Waals surface area contributed by atoms with Crippen LogP contribution in [0.1, 0.15) is 74.8 Å². The molecule has 1 aromatic heterocycles. The number of rotatable bonds is 5. The Kier molecular flexibility index (Phi) is 6.84. The van der Waals surface area contributed by atoms with Crippen molar-refractivity contribution in [3.8, 4) is 0 Å². The second-order valence-electron chi connectivity index (χ2n) is 7.34. The number of nitrogens with one attached hydrogen (secondary N) is 2. The average Bonchev–Trinajstić information content (AvgIpc) is 2.95. The van der Waals surface area contributed by atoms with Crippen LogP contribution in [0.2, 0.25) is 0 Å². The normalized spacial score (nSPS) is 18.7. The van der Waals surface area contributed by atoms with Crippen LogP contribution >= 0.6 is 11.3 Å². The molecule has 25 heavy (non-hydrogen) atoms. The molecule has 3 rings (SSSR count). The molecule has 138 valence electrons. The van der Waals surface area contributed by atoms with E-state index in [-0.39, 0.29) is 18.4 Å². The highest BCUT2D eigenvalue weighted by atomic mass is 32.1. The van der Waals surface area contributed by atoms with Gasteiger partial charge in [-0.25, -0.2) is 4.98 Å². The third-order valence-corrected chi connectivity index (χ3v) is 6.31. The van der Waals surface area contributed by atoms with Gasteiger partial charge in [0.1, 0.15) is 0 Å². The summed E-state index contributed by atoms with van der Waals surface area (Å²) >= 11 is 1.59. The van der Waals surface area contributed by atoms with E-state index >= 15 is 0 Å². The van der Waals surface area contributed by atoms with E-state index in [1.54, 1.807) is 11.3 Å². The van der Waals surface area contributed by atoms with Gasteiger partial charge in [-0.2, -0.15) is 0 Å². The van der Waals surface area contributed by atoms with Crippen molar-refractivity contribution in [2.75, 3.05) is 11.9 Å². The molecule has 1 fully saturated rings. The van der Waals surface area contributed by atoms with E-state index in [1.165, 1.54) is 49.8 Å². The summed E-state index contributed by atoms with van der Waals surface area (Å²) in [5, 5.41) is 6.29. The van der Waals surface area contributed by atoms with Gasteiger partial charge in [-0.05, 0) is 44.4 Å². The highest BCUT2D eigenvalue weighted by molar-refractivity contribution is 7.15. The molecule has 0 atom stereocenters. The zero-order valence-electron chi connectivity index (χ0n) is 14.9. The van der Waals surface area contributed by atoms with Crippen LogP contribution in [-0.4, -0.2) is 23.3 Å². The van der Waals surface area contributed by atoms with Crippen LogP contribution in [-0.2, 0) is 22.4 Å². The number of anilines is 1. The zero-order valence-corrected chi connectivity index (χ0v) is 15.8. The van der Waals surface area contributed by atoms with E-state index in [2.05, 4.69) is 15.6 Å². The van der Waals surface area contributed by atoms with Crippen molar-refractivity contribution >= 4 is 28.3 Å². The lowest BCUT2D eigenvalue weighted by Gasteiger charge is -2.20. The Bertz CT molecular complexity index is 568. The zero-order chi connectivity index (χ0) is 17.5. The minimum Gasteiger partial charge on any atom is -0.347 e. The van der Waals surface area contributed by atoms with Crippen molar-refractivity contribution in [1.29, 1.82) is 0 Å². The van der Waals surface area contributed by atoms with Gasteiger partial charge in [0.2, 0.25) is 11.8 Å². The highest BCUT2D eigenvalue weighted by Gasteiger charge is 2.18. The number of aryl methyl sites for hydroxylation is 2. The van der Waals surface area contributed by atoms with Crippen LogP contribution < -0.4 is 10.6 Å². The van der Waals surface area contributed by atoms with E-state index < -0.39 is 0 Å². The lowest BCUT2D eigenvalue weighted by Crippen LogP contribution is -2.34. The fraction of sp³-hybridized carbons (Fsp3) is 0.737. The molecule has 2 amide bonds. The summed E-state index contributed by atoms with van der Waals surface area (Å²) in [4.78, 5) is 30.0. The number of hydrogen-bond acceptors (Lipinski definition) is 4.